The van der Waals surface area contributed by atoms with E-state index in [0.29, 0.717) is 4.47 Å². The zero-order chi connectivity index (χ0) is 14.5. The molecule has 1 unspecified atom stereocenters. The van der Waals surface area contributed by atoms with Gasteiger partial charge in [0.15, 0.2) is 0 Å². The first-order chi connectivity index (χ1) is 9.58. The lowest BCUT2D eigenvalue weighted by molar-refractivity contribution is -0.140. The number of carboxylic acids is 1. The zero-order valence-electron chi connectivity index (χ0n) is 11.2. The van der Waals surface area contributed by atoms with E-state index >= 15 is 0 Å². The maximum atomic E-state index is 13.9. The standard InChI is InChI=1S/C15H19BrFNO2/c16-10-7-8-13(17)12(9-10)14(15(19)20)18-11-5-3-1-2-4-6-11/h7-9,11,14,18H,1-6H2,(H,19,20). The summed E-state index contributed by atoms with van der Waals surface area (Å²) in [5.41, 5.74) is 0.191. The first-order valence-corrected chi connectivity index (χ1v) is 7.81. The van der Waals surface area contributed by atoms with Gasteiger partial charge in [0.2, 0.25) is 0 Å². The summed E-state index contributed by atoms with van der Waals surface area (Å²) in [5.74, 6) is -1.52. The quantitative estimate of drug-likeness (QED) is 0.811. The minimum Gasteiger partial charge on any atom is -0.480 e. The molecule has 0 saturated heterocycles. The highest BCUT2D eigenvalue weighted by Crippen LogP contribution is 2.25. The fourth-order valence-corrected chi connectivity index (χ4v) is 3.09. The molecule has 0 bridgehead atoms. The molecular weight excluding hydrogens is 325 g/mol. The van der Waals surface area contributed by atoms with Crippen LogP contribution < -0.4 is 5.32 Å². The van der Waals surface area contributed by atoms with Gasteiger partial charge in [-0.3, -0.25) is 10.1 Å². The molecule has 1 aliphatic carbocycles. The second kappa shape index (κ2) is 7.18. The number of carboxylic acid groups (broad SMARTS) is 1. The van der Waals surface area contributed by atoms with Gasteiger partial charge in [-0.05, 0) is 31.0 Å². The van der Waals surface area contributed by atoms with Crippen molar-refractivity contribution in [1.82, 2.24) is 5.32 Å². The number of carbonyl (C=O) groups is 1. The van der Waals surface area contributed by atoms with E-state index in [1.165, 1.54) is 25.0 Å². The van der Waals surface area contributed by atoms with Crippen LogP contribution in [0, 0.1) is 5.82 Å². The minimum absolute atomic E-state index is 0.150. The molecule has 1 saturated carbocycles. The summed E-state index contributed by atoms with van der Waals surface area (Å²) in [4.78, 5) is 11.5. The zero-order valence-corrected chi connectivity index (χ0v) is 12.8. The Hall–Kier alpha value is -0.940. The Kier molecular flexibility index (Phi) is 5.54. The van der Waals surface area contributed by atoms with Crippen molar-refractivity contribution in [3.05, 3.63) is 34.1 Å². The number of aliphatic carboxylic acids is 1. The van der Waals surface area contributed by atoms with E-state index in [2.05, 4.69) is 21.2 Å². The van der Waals surface area contributed by atoms with E-state index in [1.807, 2.05) is 0 Å². The molecule has 1 atom stereocenters. The van der Waals surface area contributed by atoms with Crippen LogP contribution in [0.5, 0.6) is 0 Å². The highest BCUT2D eigenvalue weighted by Gasteiger charge is 2.26. The van der Waals surface area contributed by atoms with Crippen LogP contribution in [-0.2, 0) is 4.79 Å². The molecule has 1 aliphatic rings. The SMILES string of the molecule is O=C(O)C(NC1CCCCCC1)c1cc(Br)ccc1F. The van der Waals surface area contributed by atoms with Gasteiger partial charge < -0.3 is 5.11 Å². The van der Waals surface area contributed by atoms with Crippen LogP contribution in [0.25, 0.3) is 0 Å². The van der Waals surface area contributed by atoms with Gasteiger partial charge in [0.05, 0.1) is 0 Å². The van der Waals surface area contributed by atoms with E-state index < -0.39 is 17.8 Å². The smallest absolute Gasteiger partial charge is 0.325 e. The third kappa shape index (κ3) is 4.03. The summed E-state index contributed by atoms with van der Waals surface area (Å²) in [6.45, 7) is 0. The Morgan fingerprint density at radius 3 is 2.55 bits per heavy atom. The van der Waals surface area contributed by atoms with Gasteiger partial charge in [0, 0.05) is 16.1 Å². The Bertz CT molecular complexity index is 473. The average Bonchev–Trinajstić information content (AvgIpc) is 2.67. The number of benzene rings is 1. The monoisotopic (exact) mass is 343 g/mol. The first kappa shape index (κ1) is 15.4. The van der Waals surface area contributed by atoms with Gasteiger partial charge >= 0.3 is 5.97 Å². The molecule has 0 aromatic heterocycles. The third-order valence-electron chi connectivity index (χ3n) is 3.77. The molecule has 110 valence electrons. The molecule has 1 fully saturated rings. The Balaban J connectivity index is 2.17. The molecular formula is C15H19BrFNO2. The van der Waals surface area contributed by atoms with Crippen molar-refractivity contribution in [2.75, 3.05) is 0 Å². The summed E-state index contributed by atoms with van der Waals surface area (Å²) in [7, 11) is 0. The van der Waals surface area contributed by atoms with Crippen molar-refractivity contribution in [2.24, 2.45) is 0 Å². The third-order valence-corrected chi connectivity index (χ3v) is 4.27. The predicted molar refractivity (Wildman–Crippen MR) is 79.1 cm³/mol. The van der Waals surface area contributed by atoms with Crippen LogP contribution in [0.3, 0.4) is 0 Å². The highest BCUT2D eigenvalue weighted by molar-refractivity contribution is 9.10. The van der Waals surface area contributed by atoms with Crippen molar-refractivity contribution in [1.29, 1.82) is 0 Å². The molecule has 0 amide bonds. The lowest BCUT2D eigenvalue weighted by Crippen LogP contribution is -2.37. The van der Waals surface area contributed by atoms with Crippen molar-refractivity contribution in [2.45, 2.75) is 50.6 Å². The molecule has 0 spiro atoms. The Morgan fingerprint density at radius 2 is 1.95 bits per heavy atom. The molecule has 0 aliphatic heterocycles. The van der Waals surface area contributed by atoms with Gasteiger partial charge in [-0.25, -0.2) is 4.39 Å². The van der Waals surface area contributed by atoms with Crippen LogP contribution in [0.2, 0.25) is 0 Å². The van der Waals surface area contributed by atoms with Crippen molar-refractivity contribution in [3.63, 3.8) is 0 Å². The van der Waals surface area contributed by atoms with E-state index in [9.17, 15) is 14.3 Å². The topological polar surface area (TPSA) is 49.3 Å². The fraction of sp³-hybridized carbons (Fsp3) is 0.533. The maximum absolute atomic E-state index is 13.9. The molecule has 5 heteroatoms. The molecule has 3 nitrogen and oxygen atoms in total. The van der Waals surface area contributed by atoms with Gasteiger partial charge in [-0.15, -0.1) is 0 Å². The normalized spacial score (nSPS) is 18.5. The molecule has 2 N–H and O–H groups in total. The summed E-state index contributed by atoms with van der Waals surface area (Å²) < 4.78 is 14.6. The van der Waals surface area contributed by atoms with Gasteiger partial charge in [0.25, 0.3) is 0 Å². The van der Waals surface area contributed by atoms with Crippen molar-refractivity contribution in [3.8, 4) is 0 Å². The first-order valence-electron chi connectivity index (χ1n) is 7.01. The van der Waals surface area contributed by atoms with Crippen molar-refractivity contribution < 1.29 is 14.3 Å². The summed E-state index contributed by atoms with van der Waals surface area (Å²) in [6.07, 6.45) is 6.51. The maximum Gasteiger partial charge on any atom is 0.325 e. The van der Waals surface area contributed by atoms with Crippen LogP contribution in [0.1, 0.15) is 50.1 Å². The number of nitrogens with one attached hydrogen (secondary N) is 1. The van der Waals surface area contributed by atoms with Gasteiger partial charge in [0.1, 0.15) is 11.9 Å². The summed E-state index contributed by atoms with van der Waals surface area (Å²) in [5, 5.41) is 12.5. The summed E-state index contributed by atoms with van der Waals surface area (Å²) >= 11 is 3.26. The molecule has 0 heterocycles. The predicted octanol–water partition coefficient (Wildman–Crippen LogP) is 4.03. The molecule has 20 heavy (non-hydrogen) atoms. The molecule has 1 aromatic carbocycles. The van der Waals surface area contributed by atoms with Crippen LogP contribution in [-0.4, -0.2) is 17.1 Å². The van der Waals surface area contributed by atoms with Crippen LogP contribution >= 0.6 is 15.9 Å². The second-order valence-electron chi connectivity index (χ2n) is 5.29. The van der Waals surface area contributed by atoms with E-state index in [-0.39, 0.29) is 11.6 Å². The van der Waals surface area contributed by atoms with E-state index in [4.69, 9.17) is 0 Å². The minimum atomic E-state index is -1.04. The summed E-state index contributed by atoms with van der Waals surface area (Å²) in [6, 6.07) is 3.57. The lowest BCUT2D eigenvalue weighted by Gasteiger charge is -2.23. The number of hydrogen-bond acceptors (Lipinski definition) is 2. The average molecular weight is 344 g/mol. The Labute approximate surface area is 126 Å². The van der Waals surface area contributed by atoms with E-state index in [1.54, 1.807) is 6.07 Å². The van der Waals surface area contributed by atoms with Crippen LogP contribution in [0.15, 0.2) is 22.7 Å². The fourth-order valence-electron chi connectivity index (χ4n) is 2.71. The van der Waals surface area contributed by atoms with Crippen LogP contribution in [0.4, 0.5) is 4.39 Å². The highest BCUT2D eigenvalue weighted by atomic mass is 79.9. The van der Waals surface area contributed by atoms with Gasteiger partial charge in [-0.2, -0.15) is 0 Å². The Morgan fingerprint density at radius 1 is 1.30 bits per heavy atom. The lowest BCUT2D eigenvalue weighted by atomic mass is 10.0. The number of hydrogen-bond donors (Lipinski definition) is 2. The van der Waals surface area contributed by atoms with E-state index in [0.717, 1.165) is 25.7 Å². The van der Waals surface area contributed by atoms with Gasteiger partial charge in [-0.1, -0.05) is 41.6 Å². The molecule has 1 aromatic rings. The second-order valence-corrected chi connectivity index (χ2v) is 6.21. The number of rotatable bonds is 4. The number of halogens is 2. The van der Waals surface area contributed by atoms with Crippen molar-refractivity contribution >= 4 is 21.9 Å². The molecule has 2 rings (SSSR count). The molecule has 0 radical (unpaired) electrons. The largest absolute Gasteiger partial charge is 0.480 e.